The Kier molecular flexibility index (Phi) is 5.75. The number of benzene rings is 1. The molecule has 1 saturated heterocycles. The topological polar surface area (TPSA) is 86.1 Å². The van der Waals surface area contributed by atoms with Gasteiger partial charge in [0, 0.05) is 6.04 Å². The molecule has 1 heterocycles. The summed E-state index contributed by atoms with van der Waals surface area (Å²) in [5.74, 6) is 0.0498. The summed E-state index contributed by atoms with van der Waals surface area (Å²) in [4.78, 5) is 27.2. The van der Waals surface area contributed by atoms with Crippen molar-refractivity contribution in [2.75, 3.05) is 37.6 Å². The molecule has 1 aliphatic heterocycles. The zero-order chi connectivity index (χ0) is 17.6. The van der Waals surface area contributed by atoms with Crippen LogP contribution in [0.15, 0.2) is 24.3 Å². The minimum Gasteiger partial charge on any atom is -0.506 e. The average Bonchev–Trinajstić information content (AvgIpc) is 3.09. The molecule has 0 spiro atoms. The highest BCUT2D eigenvalue weighted by Gasteiger charge is 2.25. The van der Waals surface area contributed by atoms with Crippen molar-refractivity contribution in [1.82, 2.24) is 10.6 Å². The Labute approximate surface area is 148 Å². The minimum atomic E-state index is -0.371. The number of nitrogens with one attached hydrogen (secondary N) is 3. The Balaban J connectivity index is 1.40. The van der Waals surface area contributed by atoms with E-state index in [0.717, 1.165) is 62.4 Å². The number of para-hydroxylation sites is 2. The summed E-state index contributed by atoms with van der Waals surface area (Å²) in [7, 11) is 0. The van der Waals surface area contributed by atoms with Gasteiger partial charge in [0.15, 0.2) is 6.54 Å². The van der Waals surface area contributed by atoms with Crippen LogP contribution in [0.2, 0.25) is 0 Å². The fourth-order valence-corrected chi connectivity index (χ4v) is 3.66. The van der Waals surface area contributed by atoms with Crippen LogP contribution in [0.25, 0.3) is 0 Å². The second-order valence-electron chi connectivity index (χ2n) is 6.91. The van der Waals surface area contributed by atoms with E-state index in [1.165, 1.54) is 0 Å². The van der Waals surface area contributed by atoms with Crippen LogP contribution in [0.4, 0.5) is 10.5 Å². The Hall–Kier alpha value is -2.28. The number of aromatic hydroxyl groups is 1. The SMILES string of the molecule is O=C(C[NH+]1CCN(c2ccccc2O)CC1)NC(=O)NC1CCCC1. The molecule has 4 N–H and O–H groups in total. The maximum atomic E-state index is 12.1. The summed E-state index contributed by atoms with van der Waals surface area (Å²) in [6, 6.07) is 7.14. The van der Waals surface area contributed by atoms with Crippen LogP contribution in [0.5, 0.6) is 5.75 Å². The third kappa shape index (κ3) is 4.85. The van der Waals surface area contributed by atoms with E-state index in [-0.39, 0.29) is 23.7 Å². The molecular weight excluding hydrogens is 320 g/mol. The Morgan fingerprint density at radius 1 is 1.16 bits per heavy atom. The number of amides is 3. The average molecular weight is 347 g/mol. The third-order valence-corrected chi connectivity index (χ3v) is 5.05. The van der Waals surface area contributed by atoms with Gasteiger partial charge >= 0.3 is 6.03 Å². The van der Waals surface area contributed by atoms with E-state index < -0.39 is 0 Å². The second kappa shape index (κ2) is 8.20. The highest BCUT2D eigenvalue weighted by Crippen LogP contribution is 2.25. The molecule has 1 aliphatic carbocycles. The number of hydrogen-bond donors (Lipinski definition) is 4. The molecule has 1 saturated carbocycles. The second-order valence-corrected chi connectivity index (χ2v) is 6.91. The van der Waals surface area contributed by atoms with Crippen molar-refractivity contribution in [2.45, 2.75) is 31.7 Å². The summed E-state index contributed by atoms with van der Waals surface area (Å²) in [6.07, 6.45) is 4.29. The molecule has 136 valence electrons. The lowest BCUT2D eigenvalue weighted by Crippen LogP contribution is -3.16. The van der Waals surface area contributed by atoms with Gasteiger partial charge in [-0.3, -0.25) is 10.1 Å². The van der Waals surface area contributed by atoms with Crippen LogP contribution in [0.3, 0.4) is 0 Å². The van der Waals surface area contributed by atoms with Gasteiger partial charge in [-0.2, -0.15) is 0 Å². The number of phenolic OH excluding ortho intramolecular Hbond substituents is 1. The van der Waals surface area contributed by atoms with Crippen molar-refractivity contribution in [1.29, 1.82) is 0 Å². The number of nitrogens with zero attached hydrogens (tertiary/aromatic N) is 1. The lowest BCUT2D eigenvalue weighted by molar-refractivity contribution is -0.892. The molecule has 7 nitrogen and oxygen atoms in total. The lowest BCUT2D eigenvalue weighted by atomic mass is 10.2. The van der Waals surface area contributed by atoms with E-state index in [0.29, 0.717) is 6.54 Å². The van der Waals surface area contributed by atoms with Gasteiger partial charge in [-0.15, -0.1) is 0 Å². The number of phenols is 1. The van der Waals surface area contributed by atoms with Gasteiger partial charge in [0.2, 0.25) is 0 Å². The number of quaternary nitrogens is 1. The van der Waals surface area contributed by atoms with Crippen molar-refractivity contribution in [3.05, 3.63) is 24.3 Å². The molecule has 1 aromatic rings. The van der Waals surface area contributed by atoms with Gasteiger partial charge < -0.3 is 20.2 Å². The highest BCUT2D eigenvalue weighted by molar-refractivity contribution is 5.94. The molecule has 7 heteroatoms. The fourth-order valence-electron chi connectivity index (χ4n) is 3.66. The first-order valence-corrected chi connectivity index (χ1v) is 9.08. The number of urea groups is 1. The largest absolute Gasteiger partial charge is 0.506 e. The molecule has 3 amide bonds. The summed E-state index contributed by atoms with van der Waals surface area (Å²) in [5, 5.41) is 15.2. The first-order chi connectivity index (χ1) is 12.1. The number of hydrogen-bond acceptors (Lipinski definition) is 4. The molecule has 0 aromatic heterocycles. The van der Waals surface area contributed by atoms with E-state index in [1.807, 2.05) is 12.1 Å². The van der Waals surface area contributed by atoms with Gasteiger partial charge in [-0.25, -0.2) is 4.79 Å². The molecule has 3 rings (SSSR count). The molecule has 1 aromatic carbocycles. The van der Waals surface area contributed by atoms with Gasteiger partial charge in [0.1, 0.15) is 5.75 Å². The standard InChI is InChI=1S/C18H26N4O3/c23-16-8-4-3-7-15(16)22-11-9-21(10-12-22)13-17(24)20-18(25)19-14-5-1-2-6-14/h3-4,7-8,14,23H,1-2,5-6,9-13H2,(H2,19,20,24,25)/p+1. The zero-order valence-electron chi connectivity index (χ0n) is 14.5. The van der Waals surface area contributed by atoms with Crippen LogP contribution in [-0.2, 0) is 4.79 Å². The smallest absolute Gasteiger partial charge is 0.321 e. The zero-order valence-corrected chi connectivity index (χ0v) is 14.5. The van der Waals surface area contributed by atoms with E-state index in [1.54, 1.807) is 12.1 Å². The molecular formula is C18H27N4O3+. The van der Waals surface area contributed by atoms with Crippen LogP contribution < -0.4 is 20.4 Å². The van der Waals surface area contributed by atoms with E-state index in [2.05, 4.69) is 15.5 Å². The van der Waals surface area contributed by atoms with Crippen molar-refractivity contribution < 1.29 is 19.6 Å². The molecule has 0 bridgehead atoms. The number of carbonyl (C=O) groups is 2. The van der Waals surface area contributed by atoms with E-state index in [9.17, 15) is 14.7 Å². The monoisotopic (exact) mass is 347 g/mol. The summed E-state index contributed by atoms with van der Waals surface area (Å²) in [6.45, 7) is 3.44. The molecule has 0 radical (unpaired) electrons. The van der Waals surface area contributed by atoms with Gasteiger partial charge in [0.25, 0.3) is 5.91 Å². The number of piperazine rings is 1. The summed E-state index contributed by atoms with van der Waals surface area (Å²) < 4.78 is 0. The molecule has 2 fully saturated rings. The molecule has 2 aliphatic rings. The van der Waals surface area contributed by atoms with Gasteiger partial charge in [-0.1, -0.05) is 25.0 Å². The van der Waals surface area contributed by atoms with Crippen LogP contribution in [-0.4, -0.2) is 55.8 Å². The first kappa shape index (κ1) is 17.5. The Morgan fingerprint density at radius 3 is 2.52 bits per heavy atom. The van der Waals surface area contributed by atoms with Crippen LogP contribution in [0.1, 0.15) is 25.7 Å². The number of anilines is 1. The normalized spacial score (nSPS) is 19.0. The van der Waals surface area contributed by atoms with Crippen LogP contribution >= 0.6 is 0 Å². The van der Waals surface area contributed by atoms with Gasteiger partial charge in [-0.05, 0) is 25.0 Å². The van der Waals surface area contributed by atoms with Crippen molar-refractivity contribution >= 4 is 17.6 Å². The molecule has 0 atom stereocenters. The van der Waals surface area contributed by atoms with Crippen LogP contribution in [0, 0.1) is 0 Å². The van der Waals surface area contributed by atoms with E-state index in [4.69, 9.17) is 0 Å². The molecule has 25 heavy (non-hydrogen) atoms. The number of imide groups is 1. The Bertz CT molecular complexity index is 608. The van der Waals surface area contributed by atoms with Gasteiger partial charge in [0.05, 0.1) is 31.9 Å². The van der Waals surface area contributed by atoms with E-state index >= 15 is 0 Å². The Morgan fingerprint density at radius 2 is 1.84 bits per heavy atom. The fraction of sp³-hybridized carbons (Fsp3) is 0.556. The predicted molar refractivity (Wildman–Crippen MR) is 94.8 cm³/mol. The quantitative estimate of drug-likeness (QED) is 0.611. The van der Waals surface area contributed by atoms with Crippen molar-refractivity contribution in [2.24, 2.45) is 0 Å². The third-order valence-electron chi connectivity index (χ3n) is 5.05. The number of carbonyl (C=O) groups excluding carboxylic acids is 2. The van der Waals surface area contributed by atoms with Crippen molar-refractivity contribution in [3.8, 4) is 5.75 Å². The number of rotatable bonds is 4. The molecule has 0 unspecified atom stereocenters. The maximum Gasteiger partial charge on any atom is 0.321 e. The minimum absolute atomic E-state index is 0.210. The first-order valence-electron chi connectivity index (χ1n) is 9.08. The highest BCUT2D eigenvalue weighted by atomic mass is 16.3. The maximum absolute atomic E-state index is 12.1. The lowest BCUT2D eigenvalue weighted by Gasteiger charge is -2.33. The summed E-state index contributed by atoms with van der Waals surface area (Å²) >= 11 is 0. The predicted octanol–water partition coefficient (Wildman–Crippen LogP) is -0.134. The summed E-state index contributed by atoms with van der Waals surface area (Å²) in [5.41, 5.74) is 0.835. The van der Waals surface area contributed by atoms with Crippen molar-refractivity contribution in [3.63, 3.8) is 0 Å².